The monoisotopic (exact) mass is 449 g/mol. The van der Waals surface area contributed by atoms with E-state index in [1.165, 1.54) is 0 Å². The number of hydrogen-bond acceptors (Lipinski definition) is 3. The number of hydrogen-bond donors (Lipinski definition) is 0. The van der Waals surface area contributed by atoms with Crippen molar-refractivity contribution < 1.29 is 14.3 Å². The van der Waals surface area contributed by atoms with Gasteiger partial charge in [0.2, 0.25) is 5.91 Å². The lowest BCUT2D eigenvalue weighted by molar-refractivity contribution is -0.143. The molecule has 0 radical (unpaired) electrons. The molecule has 2 aromatic carbocycles. The fourth-order valence-electron chi connectivity index (χ4n) is 3.17. The first-order valence-corrected chi connectivity index (χ1v) is 10.2. The molecule has 1 amide bonds. The summed E-state index contributed by atoms with van der Waals surface area (Å²) in [6, 6.07) is 15.1. The first-order valence-electron chi connectivity index (χ1n) is 9.01. The van der Waals surface area contributed by atoms with Crippen LogP contribution in [0.2, 0.25) is 5.02 Å². The van der Waals surface area contributed by atoms with E-state index in [0.717, 1.165) is 16.5 Å². The molecule has 4 nitrogen and oxygen atoms in total. The van der Waals surface area contributed by atoms with E-state index in [0.29, 0.717) is 43.1 Å². The molecule has 1 aliphatic rings. The Hall–Kier alpha value is -1.85. The molecule has 0 spiro atoms. The number of carbonyl (C=O) groups excluding carboxylic acids is 2. The molecular formula is C21H21BrClNO3. The van der Waals surface area contributed by atoms with Gasteiger partial charge in [-0.2, -0.15) is 0 Å². The number of ether oxygens (including phenoxy) is 1. The minimum atomic E-state index is -0.282. The molecule has 0 aromatic heterocycles. The second kappa shape index (κ2) is 9.38. The van der Waals surface area contributed by atoms with Crippen molar-refractivity contribution in [2.24, 2.45) is 5.92 Å². The third kappa shape index (κ3) is 5.56. The number of nitrogens with zero attached hydrogens (tertiary/aromatic N) is 1. The third-order valence-corrected chi connectivity index (χ3v) is 5.54. The second-order valence-electron chi connectivity index (χ2n) is 6.64. The fraction of sp³-hybridized carbons (Fsp3) is 0.333. The van der Waals surface area contributed by atoms with E-state index in [4.69, 9.17) is 16.3 Å². The van der Waals surface area contributed by atoms with Crippen molar-refractivity contribution in [2.75, 3.05) is 13.1 Å². The number of rotatable bonds is 5. The summed E-state index contributed by atoms with van der Waals surface area (Å²) in [5.41, 5.74) is 1.16. The van der Waals surface area contributed by atoms with E-state index in [9.17, 15) is 9.59 Å². The number of piperidine rings is 1. The van der Waals surface area contributed by atoms with Crippen LogP contribution in [0, 0.1) is 5.92 Å². The van der Waals surface area contributed by atoms with Crippen LogP contribution in [0.5, 0.6) is 5.75 Å². The van der Waals surface area contributed by atoms with Gasteiger partial charge in [0, 0.05) is 24.0 Å². The lowest BCUT2D eigenvalue weighted by atomic mass is 9.96. The Morgan fingerprint density at radius 2 is 1.81 bits per heavy atom. The molecule has 0 unspecified atom stereocenters. The van der Waals surface area contributed by atoms with Gasteiger partial charge in [-0.15, -0.1) is 0 Å². The lowest BCUT2D eigenvalue weighted by Gasteiger charge is -2.31. The number of aryl methyl sites for hydroxylation is 1. The Bertz CT molecular complexity index is 804. The van der Waals surface area contributed by atoms with E-state index >= 15 is 0 Å². The van der Waals surface area contributed by atoms with E-state index < -0.39 is 0 Å². The Balaban J connectivity index is 1.46. The summed E-state index contributed by atoms with van der Waals surface area (Å²) in [5, 5.41) is 0.395. The summed E-state index contributed by atoms with van der Waals surface area (Å²) < 4.78 is 6.27. The minimum absolute atomic E-state index is 0.140. The van der Waals surface area contributed by atoms with Crippen LogP contribution < -0.4 is 4.74 Å². The summed E-state index contributed by atoms with van der Waals surface area (Å²) in [6.45, 7) is 1.17. The SMILES string of the molecule is O=C(Oc1ccc(Br)cc1Cl)C1CCN(C(=O)CCc2ccccc2)CC1. The van der Waals surface area contributed by atoms with Gasteiger partial charge in [0.25, 0.3) is 0 Å². The van der Waals surface area contributed by atoms with E-state index in [1.54, 1.807) is 18.2 Å². The molecule has 1 saturated heterocycles. The smallest absolute Gasteiger partial charge is 0.314 e. The molecule has 1 fully saturated rings. The lowest BCUT2D eigenvalue weighted by Crippen LogP contribution is -2.41. The van der Waals surface area contributed by atoms with Crippen molar-refractivity contribution in [3.63, 3.8) is 0 Å². The van der Waals surface area contributed by atoms with Crippen LogP contribution in [0.1, 0.15) is 24.8 Å². The van der Waals surface area contributed by atoms with Gasteiger partial charge in [0.05, 0.1) is 10.9 Å². The van der Waals surface area contributed by atoms with Gasteiger partial charge >= 0.3 is 5.97 Å². The van der Waals surface area contributed by atoms with Crippen molar-refractivity contribution in [3.05, 3.63) is 63.6 Å². The first-order chi connectivity index (χ1) is 13.0. The van der Waals surface area contributed by atoms with E-state index in [2.05, 4.69) is 15.9 Å². The maximum Gasteiger partial charge on any atom is 0.314 e. The van der Waals surface area contributed by atoms with Crippen LogP contribution in [-0.4, -0.2) is 29.9 Å². The Morgan fingerprint density at radius 1 is 1.11 bits per heavy atom. The van der Waals surface area contributed by atoms with Crippen LogP contribution >= 0.6 is 27.5 Å². The summed E-state index contributed by atoms with van der Waals surface area (Å²) in [7, 11) is 0. The average Bonchev–Trinajstić information content (AvgIpc) is 2.69. The molecule has 3 rings (SSSR count). The fourth-order valence-corrected chi connectivity index (χ4v) is 3.88. The molecule has 0 N–H and O–H groups in total. The molecule has 0 aliphatic carbocycles. The Kier molecular flexibility index (Phi) is 6.91. The van der Waals surface area contributed by atoms with Crippen LogP contribution in [0.25, 0.3) is 0 Å². The van der Waals surface area contributed by atoms with Crippen molar-refractivity contribution in [1.82, 2.24) is 4.90 Å². The largest absolute Gasteiger partial charge is 0.425 e. The number of amides is 1. The maximum atomic E-state index is 12.4. The molecule has 1 heterocycles. The number of likely N-dealkylation sites (tertiary alicyclic amines) is 1. The molecule has 6 heteroatoms. The highest BCUT2D eigenvalue weighted by molar-refractivity contribution is 9.10. The number of benzene rings is 2. The minimum Gasteiger partial charge on any atom is -0.425 e. The second-order valence-corrected chi connectivity index (χ2v) is 7.96. The van der Waals surface area contributed by atoms with Crippen LogP contribution in [-0.2, 0) is 16.0 Å². The van der Waals surface area contributed by atoms with Gasteiger partial charge in [-0.3, -0.25) is 9.59 Å². The van der Waals surface area contributed by atoms with Crippen LogP contribution in [0.3, 0.4) is 0 Å². The molecule has 27 heavy (non-hydrogen) atoms. The van der Waals surface area contributed by atoms with E-state index in [-0.39, 0.29) is 17.8 Å². The summed E-state index contributed by atoms with van der Waals surface area (Å²) in [4.78, 5) is 26.6. The summed E-state index contributed by atoms with van der Waals surface area (Å²) in [5.74, 6) is 0.0198. The highest BCUT2D eigenvalue weighted by atomic mass is 79.9. The third-order valence-electron chi connectivity index (χ3n) is 4.76. The van der Waals surface area contributed by atoms with Gasteiger partial charge in [0.1, 0.15) is 5.75 Å². The predicted molar refractivity (Wildman–Crippen MR) is 109 cm³/mol. The van der Waals surface area contributed by atoms with Gasteiger partial charge in [-0.25, -0.2) is 0 Å². The molecule has 0 atom stereocenters. The molecule has 2 aromatic rings. The van der Waals surface area contributed by atoms with Crippen molar-refractivity contribution in [2.45, 2.75) is 25.7 Å². The molecule has 142 valence electrons. The maximum absolute atomic E-state index is 12.4. The molecule has 1 aliphatic heterocycles. The highest BCUT2D eigenvalue weighted by Crippen LogP contribution is 2.29. The summed E-state index contributed by atoms with van der Waals surface area (Å²) >= 11 is 9.43. The molecule has 0 bridgehead atoms. The number of esters is 1. The normalized spacial score (nSPS) is 14.8. The molecular weight excluding hydrogens is 430 g/mol. The summed E-state index contributed by atoms with van der Waals surface area (Å²) in [6.07, 6.45) is 2.46. The number of carbonyl (C=O) groups is 2. The number of halogens is 2. The zero-order valence-corrected chi connectivity index (χ0v) is 17.2. The van der Waals surface area contributed by atoms with Crippen molar-refractivity contribution >= 4 is 39.4 Å². The highest BCUT2D eigenvalue weighted by Gasteiger charge is 2.28. The van der Waals surface area contributed by atoms with Gasteiger partial charge in [-0.1, -0.05) is 57.9 Å². The van der Waals surface area contributed by atoms with Gasteiger partial charge in [0.15, 0.2) is 0 Å². The Labute approximate surface area is 172 Å². The zero-order valence-electron chi connectivity index (χ0n) is 14.9. The first kappa shape index (κ1) is 19.9. The quantitative estimate of drug-likeness (QED) is 0.482. The van der Waals surface area contributed by atoms with Crippen LogP contribution in [0.4, 0.5) is 0 Å². The zero-order chi connectivity index (χ0) is 19.2. The van der Waals surface area contributed by atoms with Gasteiger partial charge < -0.3 is 9.64 Å². The topological polar surface area (TPSA) is 46.6 Å². The van der Waals surface area contributed by atoms with Gasteiger partial charge in [-0.05, 0) is 43.0 Å². The van der Waals surface area contributed by atoms with Crippen molar-refractivity contribution in [1.29, 1.82) is 0 Å². The predicted octanol–water partition coefficient (Wildman–Crippen LogP) is 4.88. The van der Waals surface area contributed by atoms with E-state index in [1.807, 2.05) is 35.2 Å². The van der Waals surface area contributed by atoms with Crippen LogP contribution in [0.15, 0.2) is 53.0 Å². The van der Waals surface area contributed by atoms with Crippen molar-refractivity contribution in [3.8, 4) is 5.75 Å². The Morgan fingerprint density at radius 3 is 2.48 bits per heavy atom. The molecule has 0 saturated carbocycles. The standard InChI is InChI=1S/C21H21BrClNO3/c22-17-7-8-19(18(23)14-17)27-21(26)16-10-12-24(13-11-16)20(25)9-6-15-4-2-1-3-5-15/h1-5,7-8,14,16H,6,9-13H2. The average molecular weight is 451 g/mol.